The van der Waals surface area contributed by atoms with Gasteiger partial charge in [-0.2, -0.15) is 0 Å². The van der Waals surface area contributed by atoms with Crippen molar-refractivity contribution < 1.29 is 28.6 Å². The van der Waals surface area contributed by atoms with Crippen LogP contribution < -0.4 is 21.0 Å². The van der Waals surface area contributed by atoms with Crippen molar-refractivity contribution in [3.63, 3.8) is 0 Å². The number of carbonyl (C=O) groups is 3. The lowest BCUT2D eigenvalue weighted by atomic mass is 10.1. The number of para-hydroxylation sites is 2. The van der Waals surface area contributed by atoms with Crippen LogP contribution in [0.1, 0.15) is 31.1 Å². The van der Waals surface area contributed by atoms with Gasteiger partial charge < -0.3 is 14.2 Å². The molecule has 0 bridgehead atoms. The summed E-state index contributed by atoms with van der Waals surface area (Å²) in [7, 11) is 0. The fourth-order valence-corrected chi connectivity index (χ4v) is 5.21. The number of nitrogens with one attached hydrogen (secondary N) is 1. The standard InChI is InChI=1S/C30H31N7O8/c1-19-15-37(29(41)32-28(19)40)25-14-23(33-34-31)24(45-25)18-43-26(38)12-13-27(39)44-22-16-35(20-8-4-2-5-9-20)30(42)36(17-22)21-10-6-3-7-11-21/h2-11,15,22-25H,12-14,16-18H2,1H3,(H,32,40,41). The number of amides is 2. The van der Waals surface area contributed by atoms with E-state index in [4.69, 9.17) is 19.7 Å². The maximum Gasteiger partial charge on any atom is 0.330 e. The normalized spacial score (nSPS) is 20.0. The second-order valence-corrected chi connectivity index (χ2v) is 10.6. The van der Waals surface area contributed by atoms with Gasteiger partial charge in [-0.1, -0.05) is 41.5 Å². The van der Waals surface area contributed by atoms with E-state index < -0.39 is 47.7 Å². The number of aromatic amines is 1. The molecular weight excluding hydrogens is 586 g/mol. The van der Waals surface area contributed by atoms with E-state index >= 15 is 0 Å². The first kappa shape index (κ1) is 31.0. The minimum Gasteiger partial charge on any atom is -0.463 e. The fourth-order valence-electron chi connectivity index (χ4n) is 5.21. The molecule has 2 aliphatic rings. The molecule has 0 spiro atoms. The van der Waals surface area contributed by atoms with Crippen LogP contribution in [0.15, 0.2) is 81.6 Å². The van der Waals surface area contributed by atoms with Crippen molar-refractivity contribution in [2.24, 2.45) is 5.11 Å². The van der Waals surface area contributed by atoms with Crippen LogP contribution in [0, 0.1) is 6.92 Å². The number of nitrogens with zero attached hydrogens (tertiary/aromatic N) is 6. The van der Waals surface area contributed by atoms with E-state index in [1.54, 1.807) is 34.1 Å². The molecular formula is C30H31N7O8. The number of esters is 2. The van der Waals surface area contributed by atoms with Crippen molar-refractivity contribution in [2.45, 2.75) is 50.7 Å². The fraction of sp³-hybridized carbons (Fsp3) is 0.367. The third kappa shape index (κ3) is 7.40. The topological polar surface area (TPSA) is 189 Å². The minimum absolute atomic E-state index is 0.119. The Labute approximate surface area is 256 Å². The molecule has 45 heavy (non-hydrogen) atoms. The van der Waals surface area contributed by atoms with Gasteiger partial charge in [0, 0.05) is 34.5 Å². The third-order valence-electron chi connectivity index (χ3n) is 7.47. The van der Waals surface area contributed by atoms with Crippen LogP contribution in [0.5, 0.6) is 0 Å². The molecule has 0 saturated carbocycles. The number of azide groups is 1. The summed E-state index contributed by atoms with van der Waals surface area (Å²) in [5.74, 6) is -1.34. The molecule has 2 amide bonds. The van der Waals surface area contributed by atoms with E-state index in [2.05, 4.69) is 15.0 Å². The molecule has 15 heteroatoms. The summed E-state index contributed by atoms with van der Waals surface area (Å²) < 4.78 is 18.0. The highest BCUT2D eigenvalue weighted by molar-refractivity contribution is 6.04. The largest absolute Gasteiger partial charge is 0.463 e. The average Bonchev–Trinajstić information content (AvgIpc) is 3.44. The van der Waals surface area contributed by atoms with E-state index in [-0.39, 0.29) is 45.0 Å². The molecule has 2 fully saturated rings. The summed E-state index contributed by atoms with van der Waals surface area (Å²) in [5.41, 5.74) is 9.37. The molecule has 2 aromatic carbocycles. The molecule has 0 radical (unpaired) electrons. The van der Waals surface area contributed by atoms with Crippen LogP contribution in [-0.4, -0.2) is 65.5 Å². The third-order valence-corrected chi connectivity index (χ3v) is 7.47. The predicted molar refractivity (Wildman–Crippen MR) is 161 cm³/mol. The summed E-state index contributed by atoms with van der Waals surface area (Å²) >= 11 is 0. The number of benzene rings is 2. The first-order chi connectivity index (χ1) is 21.7. The van der Waals surface area contributed by atoms with E-state index in [1.807, 2.05) is 36.4 Å². The van der Waals surface area contributed by atoms with Gasteiger partial charge in [-0.3, -0.25) is 33.7 Å². The number of urea groups is 1. The van der Waals surface area contributed by atoms with Crippen LogP contribution in [0.25, 0.3) is 10.4 Å². The zero-order valence-corrected chi connectivity index (χ0v) is 24.4. The monoisotopic (exact) mass is 617 g/mol. The lowest BCUT2D eigenvalue weighted by molar-refractivity contribution is -0.155. The Hall–Kier alpha value is -5.40. The molecule has 3 aromatic rings. The summed E-state index contributed by atoms with van der Waals surface area (Å²) in [6.45, 7) is 1.53. The van der Waals surface area contributed by atoms with E-state index in [9.17, 15) is 24.0 Å². The Morgan fingerprint density at radius 1 is 0.978 bits per heavy atom. The Kier molecular flexibility index (Phi) is 9.61. The summed E-state index contributed by atoms with van der Waals surface area (Å²) in [6.07, 6.45) is -1.45. The summed E-state index contributed by atoms with van der Waals surface area (Å²) in [4.78, 5) is 70.7. The van der Waals surface area contributed by atoms with Crippen molar-refractivity contribution in [1.29, 1.82) is 0 Å². The number of hydrogen-bond donors (Lipinski definition) is 1. The quantitative estimate of drug-likeness (QED) is 0.155. The first-order valence-corrected chi connectivity index (χ1v) is 14.3. The van der Waals surface area contributed by atoms with E-state index in [0.717, 1.165) is 0 Å². The highest BCUT2D eigenvalue weighted by atomic mass is 16.6. The van der Waals surface area contributed by atoms with Crippen molar-refractivity contribution >= 4 is 29.3 Å². The van der Waals surface area contributed by atoms with Gasteiger partial charge in [0.05, 0.1) is 32.0 Å². The van der Waals surface area contributed by atoms with Crippen LogP contribution in [0.2, 0.25) is 0 Å². The zero-order chi connectivity index (χ0) is 31.9. The van der Waals surface area contributed by atoms with Crippen molar-refractivity contribution in [2.75, 3.05) is 29.5 Å². The van der Waals surface area contributed by atoms with Gasteiger partial charge in [-0.15, -0.1) is 0 Å². The number of aromatic nitrogens is 2. The second-order valence-electron chi connectivity index (χ2n) is 10.6. The van der Waals surface area contributed by atoms with Gasteiger partial charge in [0.1, 0.15) is 25.0 Å². The lowest BCUT2D eigenvalue weighted by Gasteiger charge is -2.39. The highest BCUT2D eigenvalue weighted by Crippen LogP contribution is 2.30. The molecule has 2 saturated heterocycles. The van der Waals surface area contributed by atoms with Gasteiger partial charge >= 0.3 is 23.7 Å². The van der Waals surface area contributed by atoms with Gasteiger partial charge in [-0.25, -0.2) is 9.59 Å². The number of ether oxygens (including phenoxy) is 3. The number of hydrogen-bond acceptors (Lipinski definition) is 9. The smallest absolute Gasteiger partial charge is 0.330 e. The molecule has 3 unspecified atom stereocenters. The SMILES string of the molecule is Cc1cn(C2CC(N=[N+]=[N-])C(COC(=O)CCC(=O)OC3CN(c4ccccc4)C(=O)N(c4ccccc4)C3)O2)c(=O)[nH]c1=O. The Bertz CT molecular complexity index is 1650. The highest BCUT2D eigenvalue weighted by Gasteiger charge is 2.38. The molecule has 3 atom stereocenters. The van der Waals surface area contributed by atoms with E-state index in [1.165, 1.54) is 17.7 Å². The van der Waals surface area contributed by atoms with Gasteiger partial charge in [0.2, 0.25) is 0 Å². The molecule has 3 heterocycles. The average molecular weight is 618 g/mol. The van der Waals surface area contributed by atoms with Gasteiger partial charge in [0.25, 0.3) is 5.56 Å². The molecule has 0 aliphatic carbocycles. The van der Waals surface area contributed by atoms with Crippen molar-refractivity contribution in [1.82, 2.24) is 9.55 Å². The summed E-state index contributed by atoms with van der Waals surface area (Å²) in [5, 5.41) is 3.70. The molecule has 2 aliphatic heterocycles. The molecule has 234 valence electrons. The number of carbonyl (C=O) groups excluding carboxylic acids is 3. The molecule has 5 rings (SSSR count). The van der Waals surface area contributed by atoms with Crippen molar-refractivity contribution in [3.05, 3.63) is 104 Å². The van der Waals surface area contributed by atoms with Crippen LogP contribution in [0.4, 0.5) is 16.2 Å². The van der Waals surface area contributed by atoms with Crippen LogP contribution in [0.3, 0.4) is 0 Å². The number of rotatable bonds is 10. The minimum atomic E-state index is -0.853. The number of aryl methyl sites for hydroxylation is 1. The van der Waals surface area contributed by atoms with Gasteiger partial charge in [-0.05, 0) is 36.7 Å². The maximum atomic E-state index is 13.3. The number of anilines is 2. The predicted octanol–water partition coefficient (Wildman–Crippen LogP) is 3.19. The number of H-pyrrole nitrogens is 1. The Balaban J connectivity index is 1.16. The summed E-state index contributed by atoms with van der Waals surface area (Å²) in [6, 6.07) is 17.1. The Morgan fingerprint density at radius 2 is 1.58 bits per heavy atom. The molecule has 1 aromatic heterocycles. The zero-order valence-electron chi connectivity index (χ0n) is 24.4. The second kappa shape index (κ2) is 13.9. The van der Waals surface area contributed by atoms with Gasteiger partial charge in [0.15, 0.2) is 0 Å². The molecule has 15 nitrogen and oxygen atoms in total. The Morgan fingerprint density at radius 3 is 2.18 bits per heavy atom. The molecule has 1 N–H and O–H groups in total. The van der Waals surface area contributed by atoms with Crippen LogP contribution >= 0.6 is 0 Å². The van der Waals surface area contributed by atoms with Crippen molar-refractivity contribution in [3.8, 4) is 0 Å². The van der Waals surface area contributed by atoms with Crippen LogP contribution in [-0.2, 0) is 23.8 Å². The first-order valence-electron chi connectivity index (χ1n) is 14.3. The lowest BCUT2D eigenvalue weighted by Crippen LogP contribution is -2.57. The maximum absolute atomic E-state index is 13.3. The van der Waals surface area contributed by atoms with E-state index in [0.29, 0.717) is 16.9 Å².